The van der Waals surface area contributed by atoms with Crippen molar-refractivity contribution in [1.29, 1.82) is 0 Å². The predicted octanol–water partition coefficient (Wildman–Crippen LogP) is 3.56. The molecular formula is C28H39FN6O4. The summed E-state index contributed by atoms with van der Waals surface area (Å²) in [7, 11) is 0. The van der Waals surface area contributed by atoms with E-state index in [4.69, 9.17) is 15.2 Å². The number of hydrogen-bond acceptors (Lipinski definition) is 8. The zero-order chi connectivity index (χ0) is 28.0. The molecule has 3 heterocycles. The van der Waals surface area contributed by atoms with E-state index in [-0.39, 0.29) is 12.1 Å². The Bertz CT molecular complexity index is 1130. The molecule has 0 aliphatic carbocycles. The molecular weight excluding hydrogens is 503 g/mol. The number of nitrogens with two attached hydrogens (primary N) is 1. The molecule has 11 heteroatoms. The molecule has 2 aliphatic heterocycles. The van der Waals surface area contributed by atoms with Gasteiger partial charge in [0.15, 0.2) is 0 Å². The highest BCUT2D eigenvalue weighted by Gasteiger charge is 2.34. The number of aromatic nitrogens is 1. The van der Waals surface area contributed by atoms with Crippen molar-refractivity contribution in [2.24, 2.45) is 5.73 Å². The number of hydrogen-bond donors (Lipinski definition) is 3. The Hall–Kier alpha value is -3.44. The molecule has 1 aromatic heterocycles. The van der Waals surface area contributed by atoms with Crippen LogP contribution in [0.25, 0.3) is 0 Å². The summed E-state index contributed by atoms with van der Waals surface area (Å²) < 4.78 is 25.9. The quantitative estimate of drug-likeness (QED) is 0.463. The number of ether oxygens (including phenoxy) is 2. The zero-order valence-electron chi connectivity index (χ0n) is 22.9. The number of carbonyl (C=O) groups excluding carboxylic acids is 2. The summed E-state index contributed by atoms with van der Waals surface area (Å²) >= 11 is 0. The molecule has 2 saturated heterocycles. The summed E-state index contributed by atoms with van der Waals surface area (Å²) in [4.78, 5) is 32.5. The van der Waals surface area contributed by atoms with Gasteiger partial charge in [-0.25, -0.2) is 14.2 Å². The van der Waals surface area contributed by atoms with E-state index in [1.165, 1.54) is 16.7 Å². The minimum atomic E-state index is -1.36. The van der Waals surface area contributed by atoms with E-state index in [1.54, 1.807) is 26.8 Å². The van der Waals surface area contributed by atoms with Crippen molar-refractivity contribution in [3.8, 4) is 0 Å². The Balaban J connectivity index is 1.37. The van der Waals surface area contributed by atoms with E-state index < -0.39 is 29.8 Å². The fourth-order valence-corrected chi connectivity index (χ4v) is 4.61. The molecule has 4 N–H and O–H groups in total. The maximum atomic E-state index is 15.1. The van der Waals surface area contributed by atoms with Gasteiger partial charge in [-0.05, 0) is 51.3 Å². The van der Waals surface area contributed by atoms with Crippen molar-refractivity contribution in [3.63, 3.8) is 0 Å². The average molecular weight is 543 g/mol. The van der Waals surface area contributed by atoms with Crippen LogP contribution in [0.1, 0.15) is 43.1 Å². The number of carbonyl (C=O) groups is 2. The lowest BCUT2D eigenvalue weighted by atomic mass is 10.0. The molecule has 2 amide bonds. The summed E-state index contributed by atoms with van der Waals surface area (Å²) in [6.45, 7) is 10.0. The number of nitrogens with zero attached hydrogens (tertiary/aromatic N) is 3. The van der Waals surface area contributed by atoms with Gasteiger partial charge in [0.2, 0.25) is 0 Å². The SMILES string of the molecule is CC(C)(C)OC(=O)N1CC[C@@H](Nc2cc(Nc3ccc(CCN4CCOCC4)cc3)ncc2C(N)=O)[C@@H](F)C1. The first-order valence-electron chi connectivity index (χ1n) is 13.4. The smallest absolute Gasteiger partial charge is 0.410 e. The Morgan fingerprint density at radius 1 is 1.18 bits per heavy atom. The van der Waals surface area contributed by atoms with Crippen LogP contribution in [0.5, 0.6) is 0 Å². The normalized spacial score (nSPS) is 20.4. The highest BCUT2D eigenvalue weighted by molar-refractivity contribution is 5.98. The Morgan fingerprint density at radius 3 is 2.54 bits per heavy atom. The third kappa shape index (κ3) is 8.27. The van der Waals surface area contributed by atoms with Crippen LogP contribution in [0, 0.1) is 0 Å². The lowest BCUT2D eigenvalue weighted by Crippen LogP contribution is -2.51. The number of piperidine rings is 1. The van der Waals surface area contributed by atoms with E-state index >= 15 is 4.39 Å². The Morgan fingerprint density at radius 2 is 1.90 bits per heavy atom. The summed E-state index contributed by atoms with van der Waals surface area (Å²) in [5.41, 5.74) is 7.54. The fraction of sp³-hybridized carbons (Fsp3) is 0.536. The van der Waals surface area contributed by atoms with Crippen LogP contribution < -0.4 is 16.4 Å². The van der Waals surface area contributed by atoms with Crippen LogP contribution >= 0.6 is 0 Å². The molecule has 2 atom stereocenters. The van der Waals surface area contributed by atoms with Crippen molar-refractivity contribution in [2.45, 2.75) is 51.4 Å². The van der Waals surface area contributed by atoms with Gasteiger partial charge < -0.3 is 30.7 Å². The molecule has 1 aromatic carbocycles. The number of anilines is 3. The number of nitrogens with one attached hydrogen (secondary N) is 2. The zero-order valence-corrected chi connectivity index (χ0v) is 22.9. The topological polar surface area (TPSA) is 122 Å². The summed E-state index contributed by atoms with van der Waals surface area (Å²) in [5, 5.41) is 6.37. The highest BCUT2D eigenvalue weighted by atomic mass is 19.1. The van der Waals surface area contributed by atoms with Crippen molar-refractivity contribution < 1.29 is 23.5 Å². The first-order valence-corrected chi connectivity index (χ1v) is 13.4. The van der Waals surface area contributed by atoms with Crippen LogP contribution in [-0.2, 0) is 15.9 Å². The van der Waals surface area contributed by atoms with E-state index in [9.17, 15) is 9.59 Å². The van der Waals surface area contributed by atoms with Gasteiger partial charge in [-0.15, -0.1) is 0 Å². The van der Waals surface area contributed by atoms with E-state index in [1.807, 2.05) is 12.1 Å². The second kappa shape index (κ2) is 12.6. The largest absolute Gasteiger partial charge is 0.444 e. The Labute approximate surface area is 229 Å². The number of amides is 2. The summed E-state index contributed by atoms with van der Waals surface area (Å²) in [6.07, 6.45) is 0.782. The maximum Gasteiger partial charge on any atom is 0.410 e. The molecule has 0 saturated carbocycles. The number of pyridine rings is 1. The van der Waals surface area contributed by atoms with Crippen molar-refractivity contribution in [1.82, 2.24) is 14.8 Å². The highest BCUT2D eigenvalue weighted by Crippen LogP contribution is 2.26. The minimum Gasteiger partial charge on any atom is -0.444 e. The predicted molar refractivity (Wildman–Crippen MR) is 148 cm³/mol. The fourth-order valence-electron chi connectivity index (χ4n) is 4.61. The lowest BCUT2D eigenvalue weighted by Gasteiger charge is -2.36. The third-order valence-corrected chi connectivity index (χ3v) is 6.75. The first-order chi connectivity index (χ1) is 18.6. The Kier molecular flexibility index (Phi) is 9.24. The number of morpholine rings is 1. The number of benzene rings is 1. The van der Waals surface area contributed by atoms with Crippen LogP contribution in [-0.4, -0.2) is 90.5 Å². The van der Waals surface area contributed by atoms with Crippen molar-refractivity contribution in [2.75, 3.05) is 56.6 Å². The van der Waals surface area contributed by atoms with Gasteiger partial charge in [0.25, 0.3) is 5.91 Å². The van der Waals surface area contributed by atoms with Crippen molar-refractivity contribution in [3.05, 3.63) is 47.7 Å². The van der Waals surface area contributed by atoms with Gasteiger partial charge in [0.1, 0.15) is 17.6 Å². The molecule has 4 rings (SSSR count). The lowest BCUT2D eigenvalue weighted by molar-refractivity contribution is 0.0125. The number of rotatable bonds is 8. The van der Waals surface area contributed by atoms with Crippen LogP contribution in [0.4, 0.5) is 26.4 Å². The molecule has 0 spiro atoms. The minimum absolute atomic E-state index is 0.105. The third-order valence-electron chi connectivity index (χ3n) is 6.75. The second-order valence-corrected chi connectivity index (χ2v) is 11.0. The van der Waals surface area contributed by atoms with Crippen LogP contribution in [0.15, 0.2) is 36.5 Å². The maximum absolute atomic E-state index is 15.1. The summed E-state index contributed by atoms with van der Waals surface area (Å²) in [6, 6.07) is 9.16. The van der Waals surface area contributed by atoms with E-state index in [0.29, 0.717) is 24.5 Å². The van der Waals surface area contributed by atoms with Gasteiger partial charge in [-0.2, -0.15) is 0 Å². The second-order valence-electron chi connectivity index (χ2n) is 11.0. The first kappa shape index (κ1) is 28.6. The standard InChI is InChI=1S/C28H39FN6O4/c1-28(2,3)39-27(37)35-11-9-23(22(29)18-35)33-24-16-25(31-17-21(24)26(30)36)32-20-6-4-19(5-7-20)8-10-34-12-14-38-15-13-34/h4-7,16-17,22-23H,8-15,18H2,1-3H3,(H2,30,36)(H2,31,32,33)/t22-,23+/m0/s1. The monoisotopic (exact) mass is 542 g/mol. The van der Waals surface area contributed by atoms with E-state index in [0.717, 1.165) is 45.0 Å². The molecule has 2 aromatic rings. The molecule has 2 fully saturated rings. The molecule has 0 unspecified atom stereocenters. The van der Waals surface area contributed by atoms with Gasteiger partial charge >= 0.3 is 6.09 Å². The van der Waals surface area contributed by atoms with Crippen LogP contribution in [0.2, 0.25) is 0 Å². The van der Waals surface area contributed by atoms with Gasteiger partial charge in [-0.3, -0.25) is 9.69 Å². The number of primary amides is 1. The van der Waals surface area contributed by atoms with Crippen LogP contribution in [0.3, 0.4) is 0 Å². The number of likely N-dealkylation sites (tertiary alicyclic amines) is 1. The molecule has 0 radical (unpaired) electrons. The molecule has 0 bridgehead atoms. The van der Waals surface area contributed by atoms with Gasteiger partial charge in [0.05, 0.1) is 37.1 Å². The molecule has 2 aliphatic rings. The molecule has 39 heavy (non-hydrogen) atoms. The van der Waals surface area contributed by atoms with E-state index in [2.05, 4.69) is 32.7 Å². The average Bonchev–Trinajstić information content (AvgIpc) is 2.89. The van der Waals surface area contributed by atoms with Crippen molar-refractivity contribution >= 4 is 29.2 Å². The number of alkyl halides is 1. The summed E-state index contributed by atoms with van der Waals surface area (Å²) in [5.74, 6) is -0.173. The van der Waals surface area contributed by atoms with Gasteiger partial charge in [0, 0.05) is 44.1 Å². The molecule has 212 valence electrons. The van der Waals surface area contributed by atoms with Gasteiger partial charge in [-0.1, -0.05) is 12.1 Å². The molecule has 10 nitrogen and oxygen atoms in total. The number of halogens is 1.